The van der Waals surface area contributed by atoms with Gasteiger partial charge in [0.1, 0.15) is 28.4 Å². The van der Waals surface area contributed by atoms with E-state index >= 15 is 0 Å². The number of carbonyl (C=O) groups is 1. The van der Waals surface area contributed by atoms with Crippen molar-refractivity contribution in [2.24, 2.45) is 0 Å². The molecule has 0 aromatic heterocycles. The molecule has 2 aromatic rings. The molecule has 0 fully saturated rings. The highest BCUT2D eigenvalue weighted by Gasteiger charge is 2.41. The van der Waals surface area contributed by atoms with Crippen LogP contribution in [0, 0.1) is 24.4 Å². The molecule has 26 heavy (non-hydrogen) atoms. The van der Waals surface area contributed by atoms with Crippen molar-refractivity contribution in [3.05, 3.63) is 52.3 Å². The van der Waals surface area contributed by atoms with E-state index in [9.17, 15) is 31.1 Å². The van der Waals surface area contributed by atoms with Crippen molar-refractivity contribution in [2.75, 3.05) is 7.11 Å². The monoisotopic (exact) mass is 380 g/mol. The number of hydrogen-bond donors (Lipinski definition) is 1. The molecule has 0 bridgehead atoms. The number of methoxy groups -OCH3 is 1. The van der Waals surface area contributed by atoms with Gasteiger partial charge in [0.05, 0.1) is 7.11 Å². The molecular weight excluding hydrogens is 370 g/mol. The summed E-state index contributed by atoms with van der Waals surface area (Å²) < 4.78 is 89.6. The molecule has 0 radical (unpaired) electrons. The summed E-state index contributed by atoms with van der Waals surface area (Å²) in [5.74, 6) is -9.01. The molecule has 0 saturated heterocycles. The Balaban J connectivity index is 2.72. The van der Waals surface area contributed by atoms with Crippen LogP contribution in [0.3, 0.4) is 0 Å². The lowest BCUT2D eigenvalue weighted by Crippen LogP contribution is -2.15. The summed E-state index contributed by atoms with van der Waals surface area (Å²) in [6.45, 7) is 1.09. The van der Waals surface area contributed by atoms with Crippen LogP contribution < -0.4 is 9.47 Å². The van der Waals surface area contributed by atoms with E-state index in [4.69, 9.17) is 9.84 Å². The van der Waals surface area contributed by atoms with Crippen LogP contribution in [-0.4, -0.2) is 18.2 Å². The predicted octanol–water partition coefficient (Wildman–Crippen LogP) is 4.93. The van der Waals surface area contributed by atoms with Crippen LogP contribution >= 0.6 is 0 Å². The third-order valence-electron chi connectivity index (χ3n) is 3.42. The molecule has 4 nitrogen and oxygen atoms in total. The van der Waals surface area contributed by atoms with Gasteiger partial charge in [0, 0.05) is 11.6 Å². The Morgan fingerprint density at radius 1 is 1.04 bits per heavy atom. The van der Waals surface area contributed by atoms with E-state index in [1.807, 2.05) is 0 Å². The van der Waals surface area contributed by atoms with E-state index < -0.39 is 58.0 Å². The SMILES string of the molecule is COc1cc(Oc2ccc(F)c(F)c2C)c(C(=O)O)c(F)c1C(F)(F)F. The Kier molecular flexibility index (Phi) is 5.06. The van der Waals surface area contributed by atoms with Crippen molar-refractivity contribution in [3.8, 4) is 17.2 Å². The second-order valence-electron chi connectivity index (χ2n) is 5.03. The molecule has 10 heteroatoms. The molecule has 0 amide bonds. The van der Waals surface area contributed by atoms with Gasteiger partial charge in [-0.3, -0.25) is 0 Å². The normalized spacial score (nSPS) is 11.4. The Bertz CT molecular complexity index is 876. The smallest absolute Gasteiger partial charge is 0.422 e. The summed E-state index contributed by atoms with van der Waals surface area (Å²) in [4.78, 5) is 11.3. The predicted molar refractivity (Wildman–Crippen MR) is 76.1 cm³/mol. The molecule has 0 heterocycles. The van der Waals surface area contributed by atoms with Crippen molar-refractivity contribution < 1.29 is 45.7 Å². The van der Waals surface area contributed by atoms with Crippen LogP contribution in [-0.2, 0) is 6.18 Å². The van der Waals surface area contributed by atoms with Crippen LogP contribution in [0.15, 0.2) is 18.2 Å². The maximum Gasteiger partial charge on any atom is 0.422 e. The fourth-order valence-electron chi connectivity index (χ4n) is 2.17. The van der Waals surface area contributed by atoms with Crippen LogP contribution in [0.2, 0.25) is 0 Å². The second kappa shape index (κ2) is 6.77. The summed E-state index contributed by atoms with van der Waals surface area (Å²) in [5.41, 5.74) is -3.74. The van der Waals surface area contributed by atoms with Gasteiger partial charge in [0.2, 0.25) is 0 Å². The van der Waals surface area contributed by atoms with Crippen molar-refractivity contribution >= 4 is 5.97 Å². The van der Waals surface area contributed by atoms with Crippen molar-refractivity contribution in [1.82, 2.24) is 0 Å². The summed E-state index contributed by atoms with van der Waals surface area (Å²) in [7, 11) is 0.817. The topological polar surface area (TPSA) is 55.8 Å². The minimum absolute atomic E-state index is 0.388. The zero-order valence-electron chi connectivity index (χ0n) is 13.2. The summed E-state index contributed by atoms with van der Waals surface area (Å²) >= 11 is 0. The molecule has 0 unspecified atom stereocenters. The quantitative estimate of drug-likeness (QED) is 0.765. The number of ether oxygens (including phenoxy) is 2. The molecular formula is C16H10F6O4. The van der Waals surface area contributed by atoms with Gasteiger partial charge in [-0.2, -0.15) is 13.2 Å². The van der Waals surface area contributed by atoms with Gasteiger partial charge >= 0.3 is 12.1 Å². The number of alkyl halides is 3. The van der Waals surface area contributed by atoms with Gasteiger partial charge in [-0.05, 0) is 19.1 Å². The van der Waals surface area contributed by atoms with Gasteiger partial charge in [-0.25, -0.2) is 18.0 Å². The first-order valence-corrected chi connectivity index (χ1v) is 6.82. The molecule has 1 N–H and O–H groups in total. The third kappa shape index (κ3) is 3.39. The van der Waals surface area contributed by atoms with Gasteiger partial charge in [0.25, 0.3) is 0 Å². The van der Waals surface area contributed by atoms with Gasteiger partial charge in [-0.15, -0.1) is 0 Å². The zero-order chi connectivity index (χ0) is 19.8. The summed E-state index contributed by atoms with van der Waals surface area (Å²) in [6.07, 6.45) is -5.24. The van der Waals surface area contributed by atoms with Crippen LogP contribution in [0.1, 0.15) is 21.5 Å². The molecule has 0 spiro atoms. The largest absolute Gasteiger partial charge is 0.496 e. The number of carboxylic acid groups (broad SMARTS) is 1. The first-order chi connectivity index (χ1) is 12.0. The molecule has 140 valence electrons. The van der Waals surface area contributed by atoms with Crippen LogP contribution in [0.5, 0.6) is 17.2 Å². The van der Waals surface area contributed by atoms with Gasteiger partial charge in [0.15, 0.2) is 17.5 Å². The highest BCUT2D eigenvalue weighted by Crippen LogP contribution is 2.44. The minimum atomic E-state index is -5.24. The lowest BCUT2D eigenvalue weighted by molar-refractivity contribution is -0.141. The van der Waals surface area contributed by atoms with Crippen molar-refractivity contribution in [2.45, 2.75) is 13.1 Å². The van der Waals surface area contributed by atoms with E-state index in [0.717, 1.165) is 20.1 Å². The Morgan fingerprint density at radius 3 is 2.15 bits per heavy atom. The first-order valence-electron chi connectivity index (χ1n) is 6.82. The lowest BCUT2D eigenvalue weighted by Gasteiger charge is -2.18. The molecule has 2 rings (SSSR count). The standard InChI is InChI=1S/C16H10F6O4/c1-6-8(4-3-7(17)13(6)18)26-9-5-10(25-2)12(16(20,21)22)14(19)11(9)15(23)24/h3-5H,1-2H3,(H,23,24). The first kappa shape index (κ1) is 19.4. The number of halogens is 6. The molecule has 0 atom stereocenters. The Hall–Kier alpha value is -2.91. The fraction of sp³-hybridized carbons (Fsp3) is 0.188. The number of hydrogen-bond acceptors (Lipinski definition) is 3. The Morgan fingerprint density at radius 2 is 1.65 bits per heavy atom. The van der Waals surface area contributed by atoms with Crippen molar-refractivity contribution in [1.29, 1.82) is 0 Å². The van der Waals surface area contributed by atoms with E-state index in [1.54, 1.807) is 0 Å². The van der Waals surface area contributed by atoms with E-state index in [0.29, 0.717) is 12.1 Å². The van der Waals surface area contributed by atoms with Crippen LogP contribution in [0.25, 0.3) is 0 Å². The number of aromatic carboxylic acids is 1. The van der Waals surface area contributed by atoms with Gasteiger partial charge < -0.3 is 14.6 Å². The van der Waals surface area contributed by atoms with E-state index in [1.165, 1.54) is 0 Å². The second-order valence-corrected chi connectivity index (χ2v) is 5.03. The molecule has 2 aromatic carbocycles. The molecule has 0 aliphatic carbocycles. The summed E-state index contributed by atoms with van der Waals surface area (Å²) in [6, 6.07) is 2.09. The third-order valence-corrected chi connectivity index (χ3v) is 3.42. The maximum atomic E-state index is 14.3. The lowest BCUT2D eigenvalue weighted by atomic mass is 10.1. The highest BCUT2D eigenvalue weighted by atomic mass is 19.4. The zero-order valence-corrected chi connectivity index (χ0v) is 13.2. The van der Waals surface area contributed by atoms with E-state index in [2.05, 4.69) is 4.74 Å². The molecule has 0 saturated carbocycles. The van der Waals surface area contributed by atoms with E-state index in [-0.39, 0.29) is 5.56 Å². The molecule has 0 aliphatic heterocycles. The average molecular weight is 380 g/mol. The summed E-state index contributed by atoms with van der Waals surface area (Å²) in [5, 5.41) is 9.08. The molecule has 0 aliphatic rings. The number of rotatable bonds is 4. The van der Waals surface area contributed by atoms with Crippen molar-refractivity contribution in [3.63, 3.8) is 0 Å². The Labute approximate surface area is 142 Å². The van der Waals surface area contributed by atoms with Gasteiger partial charge in [-0.1, -0.05) is 0 Å². The average Bonchev–Trinajstić information content (AvgIpc) is 2.53. The minimum Gasteiger partial charge on any atom is -0.496 e. The number of benzene rings is 2. The highest BCUT2D eigenvalue weighted by molar-refractivity contribution is 5.92. The van der Waals surface area contributed by atoms with Crippen LogP contribution in [0.4, 0.5) is 26.3 Å². The fourth-order valence-corrected chi connectivity index (χ4v) is 2.17. The number of carboxylic acids is 1. The maximum absolute atomic E-state index is 14.3.